The standard InChI is InChI=1S/C21H22FNO4/c1-27-19-6-5-15(11-18(19)22)12-20(24)23-8-7-16(13-23)9-14-3-2-4-17(10-14)21(25)26/h2-6,10-11,16H,7-9,12-13H2,1H3,(H,25,26). The predicted molar refractivity (Wildman–Crippen MR) is 98.4 cm³/mol. The topological polar surface area (TPSA) is 66.8 Å². The lowest BCUT2D eigenvalue weighted by molar-refractivity contribution is -0.129. The number of amides is 1. The molecule has 1 aliphatic heterocycles. The normalized spacial score (nSPS) is 16.4. The molecular weight excluding hydrogens is 349 g/mol. The first-order valence-electron chi connectivity index (χ1n) is 8.88. The lowest BCUT2D eigenvalue weighted by Gasteiger charge is -2.17. The van der Waals surface area contributed by atoms with Gasteiger partial charge in [-0.3, -0.25) is 4.79 Å². The number of nitrogens with zero attached hydrogens (tertiary/aromatic N) is 1. The summed E-state index contributed by atoms with van der Waals surface area (Å²) in [5.41, 5.74) is 1.86. The molecule has 0 radical (unpaired) electrons. The van der Waals surface area contributed by atoms with E-state index in [2.05, 4.69) is 0 Å². The predicted octanol–water partition coefficient (Wildman–Crippen LogP) is 3.17. The molecular formula is C21H22FNO4. The van der Waals surface area contributed by atoms with Crippen molar-refractivity contribution in [2.24, 2.45) is 5.92 Å². The number of hydrogen-bond acceptors (Lipinski definition) is 3. The van der Waals surface area contributed by atoms with Crippen molar-refractivity contribution in [2.45, 2.75) is 19.3 Å². The number of carbonyl (C=O) groups excluding carboxylic acids is 1. The van der Waals surface area contributed by atoms with Crippen molar-refractivity contribution >= 4 is 11.9 Å². The molecule has 1 heterocycles. The van der Waals surface area contributed by atoms with E-state index in [-0.39, 0.29) is 23.6 Å². The van der Waals surface area contributed by atoms with E-state index in [0.29, 0.717) is 24.6 Å². The van der Waals surface area contributed by atoms with Gasteiger partial charge < -0.3 is 14.7 Å². The van der Waals surface area contributed by atoms with Gasteiger partial charge in [0, 0.05) is 13.1 Å². The zero-order valence-electron chi connectivity index (χ0n) is 15.2. The fourth-order valence-corrected chi connectivity index (χ4v) is 3.50. The highest BCUT2D eigenvalue weighted by atomic mass is 19.1. The molecule has 3 rings (SSSR count). The van der Waals surface area contributed by atoms with Crippen LogP contribution in [-0.2, 0) is 17.6 Å². The van der Waals surface area contributed by atoms with E-state index >= 15 is 0 Å². The number of carboxylic acid groups (broad SMARTS) is 1. The van der Waals surface area contributed by atoms with Gasteiger partial charge in [-0.1, -0.05) is 18.2 Å². The molecule has 6 heteroatoms. The molecule has 0 spiro atoms. The number of benzene rings is 2. The van der Waals surface area contributed by atoms with Crippen LogP contribution in [0.5, 0.6) is 5.75 Å². The van der Waals surface area contributed by atoms with E-state index in [4.69, 9.17) is 9.84 Å². The van der Waals surface area contributed by atoms with Crippen LogP contribution in [0.4, 0.5) is 4.39 Å². The van der Waals surface area contributed by atoms with Gasteiger partial charge in [-0.25, -0.2) is 9.18 Å². The number of halogens is 1. The number of methoxy groups -OCH3 is 1. The maximum absolute atomic E-state index is 13.8. The zero-order chi connectivity index (χ0) is 19.4. The van der Waals surface area contributed by atoms with Crippen molar-refractivity contribution in [3.63, 3.8) is 0 Å². The minimum Gasteiger partial charge on any atom is -0.494 e. The molecule has 142 valence electrons. The molecule has 1 saturated heterocycles. The summed E-state index contributed by atoms with van der Waals surface area (Å²) in [6.45, 7) is 1.30. The third-order valence-corrected chi connectivity index (χ3v) is 4.91. The van der Waals surface area contributed by atoms with Gasteiger partial charge in [-0.2, -0.15) is 0 Å². The number of rotatable bonds is 6. The fraction of sp³-hybridized carbons (Fsp3) is 0.333. The van der Waals surface area contributed by atoms with Crippen molar-refractivity contribution in [3.05, 3.63) is 65.0 Å². The van der Waals surface area contributed by atoms with Crippen LogP contribution in [0, 0.1) is 11.7 Å². The number of likely N-dealkylation sites (tertiary alicyclic amines) is 1. The van der Waals surface area contributed by atoms with Crippen molar-refractivity contribution in [1.29, 1.82) is 0 Å². The molecule has 1 N–H and O–H groups in total. The van der Waals surface area contributed by atoms with Gasteiger partial charge >= 0.3 is 5.97 Å². The van der Waals surface area contributed by atoms with Crippen LogP contribution in [0.1, 0.15) is 27.9 Å². The Morgan fingerprint density at radius 1 is 1.22 bits per heavy atom. The van der Waals surface area contributed by atoms with Crippen LogP contribution >= 0.6 is 0 Å². The summed E-state index contributed by atoms with van der Waals surface area (Å²) in [6.07, 6.45) is 1.77. The number of ether oxygens (including phenoxy) is 1. The molecule has 2 aromatic carbocycles. The van der Waals surface area contributed by atoms with Crippen LogP contribution in [-0.4, -0.2) is 42.1 Å². The first kappa shape index (κ1) is 18.9. The second kappa shape index (κ2) is 8.20. The summed E-state index contributed by atoms with van der Waals surface area (Å²) in [5.74, 6) is -0.977. The average molecular weight is 371 g/mol. The fourth-order valence-electron chi connectivity index (χ4n) is 3.50. The van der Waals surface area contributed by atoms with E-state index in [9.17, 15) is 14.0 Å². The highest BCUT2D eigenvalue weighted by Gasteiger charge is 2.26. The van der Waals surface area contributed by atoms with Crippen molar-refractivity contribution in [3.8, 4) is 5.75 Å². The van der Waals surface area contributed by atoms with Gasteiger partial charge in [0.1, 0.15) is 0 Å². The minimum atomic E-state index is -0.938. The number of carbonyl (C=O) groups is 2. The molecule has 1 atom stereocenters. The average Bonchev–Trinajstić information content (AvgIpc) is 3.11. The third-order valence-electron chi connectivity index (χ3n) is 4.91. The monoisotopic (exact) mass is 371 g/mol. The Labute approximate surface area is 157 Å². The quantitative estimate of drug-likeness (QED) is 0.847. The van der Waals surface area contributed by atoms with Gasteiger partial charge in [-0.15, -0.1) is 0 Å². The largest absolute Gasteiger partial charge is 0.494 e. The summed E-state index contributed by atoms with van der Waals surface area (Å²) >= 11 is 0. The summed E-state index contributed by atoms with van der Waals surface area (Å²) in [7, 11) is 1.40. The lowest BCUT2D eigenvalue weighted by Crippen LogP contribution is -2.30. The van der Waals surface area contributed by atoms with Crippen molar-refractivity contribution in [2.75, 3.05) is 20.2 Å². The molecule has 1 unspecified atom stereocenters. The van der Waals surface area contributed by atoms with Crippen molar-refractivity contribution in [1.82, 2.24) is 4.90 Å². The van der Waals surface area contributed by atoms with Crippen LogP contribution in [0.25, 0.3) is 0 Å². The van der Waals surface area contributed by atoms with Crippen molar-refractivity contribution < 1.29 is 23.8 Å². The molecule has 1 amide bonds. The van der Waals surface area contributed by atoms with Gasteiger partial charge in [0.05, 0.1) is 19.1 Å². The van der Waals surface area contributed by atoms with Gasteiger partial charge in [-0.05, 0) is 54.2 Å². The minimum absolute atomic E-state index is 0.0265. The number of carboxylic acids is 1. The first-order chi connectivity index (χ1) is 13.0. The maximum atomic E-state index is 13.8. The first-order valence-corrected chi connectivity index (χ1v) is 8.88. The summed E-state index contributed by atoms with van der Waals surface area (Å²) in [6, 6.07) is 11.5. The second-order valence-corrected chi connectivity index (χ2v) is 6.85. The number of aromatic carboxylic acids is 1. The second-order valence-electron chi connectivity index (χ2n) is 6.85. The van der Waals surface area contributed by atoms with E-state index < -0.39 is 11.8 Å². The Hall–Kier alpha value is -2.89. The van der Waals surface area contributed by atoms with Crippen LogP contribution in [0.3, 0.4) is 0 Å². The highest BCUT2D eigenvalue weighted by molar-refractivity contribution is 5.87. The SMILES string of the molecule is COc1ccc(CC(=O)N2CCC(Cc3cccc(C(=O)O)c3)C2)cc1F. The van der Waals surface area contributed by atoms with Gasteiger partial charge in [0.2, 0.25) is 5.91 Å². The molecule has 2 aromatic rings. The smallest absolute Gasteiger partial charge is 0.335 e. The van der Waals surface area contributed by atoms with E-state index in [1.54, 1.807) is 29.2 Å². The molecule has 0 saturated carbocycles. The van der Waals surface area contributed by atoms with Crippen LogP contribution < -0.4 is 4.74 Å². The van der Waals surface area contributed by atoms with E-state index in [0.717, 1.165) is 18.4 Å². The summed E-state index contributed by atoms with van der Waals surface area (Å²) in [5, 5.41) is 9.09. The molecule has 1 aliphatic rings. The van der Waals surface area contributed by atoms with Crippen LogP contribution in [0.15, 0.2) is 42.5 Å². The van der Waals surface area contributed by atoms with Gasteiger partial charge in [0.15, 0.2) is 11.6 Å². The Morgan fingerprint density at radius 3 is 2.74 bits per heavy atom. The van der Waals surface area contributed by atoms with Crippen LogP contribution in [0.2, 0.25) is 0 Å². The highest BCUT2D eigenvalue weighted by Crippen LogP contribution is 2.23. The van der Waals surface area contributed by atoms with E-state index in [1.807, 2.05) is 6.07 Å². The molecule has 0 aromatic heterocycles. The molecule has 0 aliphatic carbocycles. The Kier molecular flexibility index (Phi) is 5.74. The Balaban J connectivity index is 1.57. The molecule has 0 bridgehead atoms. The summed E-state index contributed by atoms with van der Waals surface area (Å²) < 4.78 is 18.7. The Morgan fingerprint density at radius 2 is 2.04 bits per heavy atom. The molecule has 5 nitrogen and oxygen atoms in total. The van der Waals surface area contributed by atoms with Gasteiger partial charge in [0.25, 0.3) is 0 Å². The summed E-state index contributed by atoms with van der Waals surface area (Å²) in [4.78, 5) is 25.4. The molecule has 27 heavy (non-hydrogen) atoms. The zero-order valence-corrected chi connectivity index (χ0v) is 15.2. The third kappa shape index (κ3) is 4.64. The van der Waals surface area contributed by atoms with E-state index in [1.165, 1.54) is 19.2 Å². The Bertz CT molecular complexity index is 852. The maximum Gasteiger partial charge on any atom is 0.335 e. The number of hydrogen-bond donors (Lipinski definition) is 1. The molecule has 1 fully saturated rings. The lowest BCUT2D eigenvalue weighted by atomic mass is 9.97.